The summed E-state index contributed by atoms with van der Waals surface area (Å²) in [7, 11) is 0. The minimum atomic E-state index is -0.241. The van der Waals surface area contributed by atoms with Crippen molar-refractivity contribution in [1.29, 1.82) is 0 Å². The van der Waals surface area contributed by atoms with Crippen LogP contribution >= 0.6 is 0 Å². The molecule has 2 aromatic rings. The van der Waals surface area contributed by atoms with Gasteiger partial charge in [-0.1, -0.05) is 6.07 Å². The van der Waals surface area contributed by atoms with Gasteiger partial charge in [-0.25, -0.2) is 5.43 Å². The predicted octanol–water partition coefficient (Wildman–Crippen LogP) is 0.611. The Hall–Kier alpha value is -1.98. The van der Waals surface area contributed by atoms with E-state index in [1.165, 1.54) is 0 Å². The van der Waals surface area contributed by atoms with Gasteiger partial charge in [0.25, 0.3) is 0 Å². The van der Waals surface area contributed by atoms with Crippen molar-refractivity contribution >= 4 is 5.69 Å². The number of pyridine rings is 2. The predicted molar refractivity (Wildman–Crippen MR) is 62.1 cm³/mol. The van der Waals surface area contributed by atoms with E-state index in [1.54, 1.807) is 24.7 Å². The summed E-state index contributed by atoms with van der Waals surface area (Å²) in [5.41, 5.74) is 10.8. The molecular weight excluding hydrogens is 202 g/mol. The number of rotatable bonds is 3. The Morgan fingerprint density at radius 3 is 2.69 bits per heavy atom. The summed E-state index contributed by atoms with van der Waals surface area (Å²) in [5, 5.41) is 0. The normalized spacial score (nSPS) is 12.3. The fourth-order valence-corrected chi connectivity index (χ4v) is 1.54. The first-order valence-electron chi connectivity index (χ1n) is 4.89. The van der Waals surface area contributed by atoms with Crippen molar-refractivity contribution in [3.63, 3.8) is 0 Å². The van der Waals surface area contributed by atoms with Crippen molar-refractivity contribution in [1.82, 2.24) is 15.4 Å². The molecule has 0 aromatic carbocycles. The molecule has 0 aliphatic carbocycles. The number of aromatic nitrogens is 2. The second-order valence-corrected chi connectivity index (χ2v) is 3.36. The maximum atomic E-state index is 5.87. The van der Waals surface area contributed by atoms with Crippen molar-refractivity contribution in [2.75, 3.05) is 5.73 Å². The molecule has 0 bridgehead atoms. The van der Waals surface area contributed by atoms with Gasteiger partial charge in [-0.2, -0.15) is 0 Å². The molecule has 2 aromatic heterocycles. The van der Waals surface area contributed by atoms with Gasteiger partial charge < -0.3 is 5.73 Å². The molecule has 0 aliphatic rings. The summed E-state index contributed by atoms with van der Waals surface area (Å²) in [4.78, 5) is 8.28. The van der Waals surface area contributed by atoms with Crippen LogP contribution in [0.15, 0.2) is 42.9 Å². The average molecular weight is 215 g/mol. The highest BCUT2D eigenvalue weighted by molar-refractivity contribution is 5.48. The van der Waals surface area contributed by atoms with Crippen LogP contribution in [0.5, 0.6) is 0 Å². The molecule has 0 saturated carbocycles. The third kappa shape index (κ3) is 2.00. The molecule has 0 radical (unpaired) electrons. The maximum absolute atomic E-state index is 5.87. The molecule has 5 nitrogen and oxygen atoms in total. The molecule has 2 rings (SSSR count). The summed E-state index contributed by atoms with van der Waals surface area (Å²) >= 11 is 0. The number of nitrogens with two attached hydrogens (primary N) is 2. The highest BCUT2D eigenvalue weighted by Gasteiger charge is 2.15. The zero-order valence-electron chi connectivity index (χ0n) is 8.67. The van der Waals surface area contributed by atoms with Crippen LogP contribution in [0.25, 0.3) is 0 Å². The van der Waals surface area contributed by atoms with Crippen molar-refractivity contribution in [3.05, 3.63) is 54.1 Å². The van der Waals surface area contributed by atoms with Crippen molar-refractivity contribution in [2.24, 2.45) is 5.84 Å². The molecule has 82 valence electrons. The minimum Gasteiger partial charge on any atom is -0.398 e. The lowest BCUT2D eigenvalue weighted by Gasteiger charge is -2.16. The molecular formula is C11H13N5. The number of hydrogen-bond acceptors (Lipinski definition) is 5. The third-order valence-electron chi connectivity index (χ3n) is 2.35. The molecule has 0 spiro atoms. The summed E-state index contributed by atoms with van der Waals surface area (Å²) in [5.74, 6) is 5.53. The molecule has 16 heavy (non-hydrogen) atoms. The Labute approximate surface area is 93.5 Å². The van der Waals surface area contributed by atoms with Crippen LogP contribution < -0.4 is 17.0 Å². The molecule has 5 N–H and O–H groups in total. The summed E-state index contributed by atoms with van der Waals surface area (Å²) in [6.45, 7) is 0. The van der Waals surface area contributed by atoms with Crippen LogP contribution in [0.1, 0.15) is 17.3 Å². The second-order valence-electron chi connectivity index (χ2n) is 3.36. The van der Waals surface area contributed by atoms with Crippen LogP contribution in [0.3, 0.4) is 0 Å². The highest BCUT2D eigenvalue weighted by atomic mass is 15.2. The number of hydrazine groups is 1. The highest BCUT2D eigenvalue weighted by Crippen LogP contribution is 2.23. The average Bonchev–Trinajstić information content (AvgIpc) is 2.34. The molecule has 0 amide bonds. The van der Waals surface area contributed by atoms with Gasteiger partial charge in [0.15, 0.2) is 0 Å². The third-order valence-corrected chi connectivity index (χ3v) is 2.35. The zero-order valence-corrected chi connectivity index (χ0v) is 8.67. The van der Waals surface area contributed by atoms with E-state index in [1.807, 2.05) is 18.2 Å². The fourth-order valence-electron chi connectivity index (χ4n) is 1.54. The topological polar surface area (TPSA) is 89.8 Å². The Morgan fingerprint density at radius 2 is 2.06 bits per heavy atom. The van der Waals surface area contributed by atoms with Crippen molar-refractivity contribution in [3.8, 4) is 0 Å². The monoisotopic (exact) mass is 215 g/mol. The number of nitrogens with one attached hydrogen (secondary N) is 1. The first kappa shape index (κ1) is 10.5. The van der Waals surface area contributed by atoms with E-state index in [9.17, 15) is 0 Å². The molecule has 2 heterocycles. The lowest BCUT2D eigenvalue weighted by atomic mass is 10.0. The van der Waals surface area contributed by atoms with E-state index >= 15 is 0 Å². The summed E-state index contributed by atoms with van der Waals surface area (Å²) in [6.07, 6.45) is 5.05. The van der Waals surface area contributed by atoms with Crippen LogP contribution in [-0.4, -0.2) is 9.97 Å². The van der Waals surface area contributed by atoms with Crippen LogP contribution in [-0.2, 0) is 0 Å². The quantitative estimate of drug-likeness (QED) is 0.515. The number of nitrogens with zero attached hydrogens (tertiary/aromatic N) is 2. The van der Waals surface area contributed by atoms with Crippen LogP contribution in [0.2, 0.25) is 0 Å². The van der Waals surface area contributed by atoms with E-state index in [-0.39, 0.29) is 6.04 Å². The lowest BCUT2D eigenvalue weighted by molar-refractivity contribution is 0.620. The van der Waals surface area contributed by atoms with Gasteiger partial charge in [0.1, 0.15) is 0 Å². The van der Waals surface area contributed by atoms with Crippen LogP contribution in [0.4, 0.5) is 5.69 Å². The van der Waals surface area contributed by atoms with E-state index < -0.39 is 0 Å². The Morgan fingerprint density at radius 1 is 1.19 bits per heavy atom. The maximum Gasteiger partial charge on any atom is 0.0916 e. The number of hydrogen-bond donors (Lipinski definition) is 3. The first-order valence-corrected chi connectivity index (χ1v) is 4.89. The van der Waals surface area contributed by atoms with Crippen molar-refractivity contribution < 1.29 is 0 Å². The van der Waals surface area contributed by atoms with Gasteiger partial charge in [-0.15, -0.1) is 0 Å². The van der Waals surface area contributed by atoms with Gasteiger partial charge in [0.2, 0.25) is 0 Å². The van der Waals surface area contributed by atoms with Gasteiger partial charge in [0, 0.05) is 29.8 Å². The Balaban J connectivity index is 2.41. The standard InChI is InChI=1S/C11H13N5/c12-9-4-6-14-7-8(9)11(16-13)10-3-1-2-5-15-10/h1-7,11,16H,13H2,(H2,12,14). The smallest absolute Gasteiger partial charge is 0.0916 e. The van der Waals surface area contributed by atoms with Crippen LogP contribution in [0, 0.1) is 0 Å². The zero-order chi connectivity index (χ0) is 11.4. The molecule has 0 fully saturated rings. The molecule has 0 saturated heterocycles. The van der Waals surface area contributed by atoms with E-state index in [0.29, 0.717) is 5.69 Å². The number of anilines is 1. The minimum absolute atomic E-state index is 0.241. The van der Waals surface area contributed by atoms with E-state index in [2.05, 4.69) is 15.4 Å². The summed E-state index contributed by atoms with van der Waals surface area (Å²) in [6, 6.07) is 7.14. The van der Waals surface area contributed by atoms with Gasteiger partial charge in [0.05, 0.1) is 11.7 Å². The number of nitrogen functional groups attached to an aromatic ring is 1. The summed E-state index contributed by atoms with van der Waals surface area (Å²) < 4.78 is 0. The first-order chi connectivity index (χ1) is 7.83. The van der Waals surface area contributed by atoms with E-state index in [0.717, 1.165) is 11.3 Å². The second kappa shape index (κ2) is 4.69. The van der Waals surface area contributed by atoms with E-state index in [4.69, 9.17) is 11.6 Å². The van der Waals surface area contributed by atoms with Gasteiger partial charge in [-0.3, -0.25) is 15.8 Å². The molecule has 1 unspecified atom stereocenters. The largest absolute Gasteiger partial charge is 0.398 e. The van der Waals surface area contributed by atoms with Crippen molar-refractivity contribution in [2.45, 2.75) is 6.04 Å². The molecule has 0 aliphatic heterocycles. The molecule has 5 heteroatoms. The SMILES string of the molecule is NNC(c1ccccn1)c1cnccc1N. The Kier molecular flexibility index (Phi) is 3.09. The fraction of sp³-hybridized carbons (Fsp3) is 0.0909. The lowest BCUT2D eigenvalue weighted by Crippen LogP contribution is -2.30. The van der Waals surface area contributed by atoms with Gasteiger partial charge in [-0.05, 0) is 18.2 Å². The molecule has 1 atom stereocenters. The Bertz CT molecular complexity index is 457. The van der Waals surface area contributed by atoms with Gasteiger partial charge >= 0.3 is 0 Å².